The summed E-state index contributed by atoms with van der Waals surface area (Å²) in [5, 5.41) is 5.55. The van der Waals surface area contributed by atoms with Crippen LogP contribution in [0.25, 0.3) is 0 Å². The third kappa shape index (κ3) is 2.65. The van der Waals surface area contributed by atoms with Gasteiger partial charge in [-0.1, -0.05) is 6.07 Å². The largest absolute Gasteiger partial charge is 0.301 e. The Bertz CT molecular complexity index is 413. The zero-order chi connectivity index (χ0) is 11.4. The van der Waals surface area contributed by atoms with E-state index in [2.05, 4.69) is 34.5 Å². The zero-order valence-electron chi connectivity index (χ0n) is 9.42. The van der Waals surface area contributed by atoms with Gasteiger partial charge in [0.2, 0.25) is 0 Å². The molecule has 2 aromatic rings. The maximum absolute atomic E-state index is 4.33. The van der Waals surface area contributed by atoms with E-state index < -0.39 is 0 Å². The number of hydrogen-bond acceptors (Lipinski definition) is 4. The Morgan fingerprint density at radius 2 is 1.94 bits per heavy atom. The Labute approximate surface area is 99.6 Å². The summed E-state index contributed by atoms with van der Waals surface area (Å²) in [7, 11) is 0. The standard InChI is InChI=1S/C12H15N3S/c1-9(11-5-3-4-6-13-11)15-10(2)12-7-16-8-14-12/h3-10,15H,1-2H3. The van der Waals surface area contributed by atoms with E-state index in [1.54, 1.807) is 11.3 Å². The van der Waals surface area contributed by atoms with Gasteiger partial charge >= 0.3 is 0 Å². The van der Waals surface area contributed by atoms with Crippen LogP contribution in [0.15, 0.2) is 35.3 Å². The monoisotopic (exact) mass is 233 g/mol. The van der Waals surface area contributed by atoms with E-state index in [1.165, 1.54) is 0 Å². The van der Waals surface area contributed by atoms with Crippen LogP contribution in [0.4, 0.5) is 0 Å². The van der Waals surface area contributed by atoms with Crippen molar-refractivity contribution >= 4 is 11.3 Å². The molecule has 0 fully saturated rings. The van der Waals surface area contributed by atoms with Crippen LogP contribution in [0.2, 0.25) is 0 Å². The Morgan fingerprint density at radius 3 is 2.56 bits per heavy atom. The minimum atomic E-state index is 0.234. The minimum absolute atomic E-state index is 0.234. The topological polar surface area (TPSA) is 37.8 Å². The molecule has 2 heterocycles. The van der Waals surface area contributed by atoms with E-state index in [1.807, 2.05) is 29.9 Å². The number of rotatable bonds is 4. The molecule has 0 aromatic carbocycles. The molecule has 2 rings (SSSR count). The van der Waals surface area contributed by atoms with Crippen molar-refractivity contribution in [2.75, 3.05) is 0 Å². The molecule has 2 atom stereocenters. The molecule has 0 aliphatic heterocycles. The second-order valence-corrected chi connectivity index (χ2v) is 4.50. The first-order valence-corrected chi connectivity index (χ1v) is 6.26. The van der Waals surface area contributed by atoms with Gasteiger partial charge in [-0.2, -0.15) is 0 Å². The Balaban J connectivity index is 2.00. The fourth-order valence-electron chi connectivity index (χ4n) is 1.61. The van der Waals surface area contributed by atoms with Crippen LogP contribution >= 0.6 is 11.3 Å². The van der Waals surface area contributed by atoms with E-state index in [9.17, 15) is 0 Å². The number of pyridine rings is 1. The lowest BCUT2D eigenvalue weighted by Crippen LogP contribution is -2.23. The molecule has 16 heavy (non-hydrogen) atoms. The Kier molecular flexibility index (Phi) is 3.64. The highest BCUT2D eigenvalue weighted by molar-refractivity contribution is 7.07. The molecule has 2 unspecified atom stereocenters. The average molecular weight is 233 g/mol. The average Bonchev–Trinajstić information content (AvgIpc) is 2.83. The van der Waals surface area contributed by atoms with Crippen molar-refractivity contribution in [1.29, 1.82) is 0 Å². The molecular weight excluding hydrogens is 218 g/mol. The predicted octanol–water partition coefficient (Wildman–Crippen LogP) is 2.95. The van der Waals surface area contributed by atoms with Crippen molar-refractivity contribution in [3.8, 4) is 0 Å². The molecule has 1 N–H and O–H groups in total. The highest BCUT2D eigenvalue weighted by Gasteiger charge is 2.12. The van der Waals surface area contributed by atoms with E-state index in [0.29, 0.717) is 0 Å². The van der Waals surface area contributed by atoms with Crippen LogP contribution in [-0.4, -0.2) is 9.97 Å². The normalized spacial score (nSPS) is 14.6. The lowest BCUT2D eigenvalue weighted by atomic mass is 10.1. The second-order valence-electron chi connectivity index (χ2n) is 3.78. The molecule has 84 valence electrons. The van der Waals surface area contributed by atoms with Gasteiger partial charge in [-0.05, 0) is 26.0 Å². The van der Waals surface area contributed by atoms with Crippen LogP contribution in [-0.2, 0) is 0 Å². The van der Waals surface area contributed by atoms with Gasteiger partial charge < -0.3 is 5.32 Å². The maximum atomic E-state index is 4.33. The van der Waals surface area contributed by atoms with Gasteiger partial charge in [0.05, 0.1) is 16.9 Å². The van der Waals surface area contributed by atoms with Crippen molar-refractivity contribution in [2.45, 2.75) is 25.9 Å². The van der Waals surface area contributed by atoms with Crippen LogP contribution in [0.1, 0.15) is 37.3 Å². The molecule has 2 aromatic heterocycles. The van der Waals surface area contributed by atoms with Crippen molar-refractivity contribution in [3.63, 3.8) is 0 Å². The first-order chi connectivity index (χ1) is 7.77. The Hall–Kier alpha value is -1.26. The lowest BCUT2D eigenvalue weighted by molar-refractivity contribution is 0.480. The van der Waals surface area contributed by atoms with Crippen molar-refractivity contribution in [2.24, 2.45) is 0 Å². The van der Waals surface area contributed by atoms with E-state index in [-0.39, 0.29) is 12.1 Å². The van der Waals surface area contributed by atoms with Gasteiger partial charge in [0.1, 0.15) is 0 Å². The number of nitrogens with zero attached hydrogens (tertiary/aromatic N) is 2. The number of aromatic nitrogens is 2. The summed E-state index contributed by atoms with van der Waals surface area (Å²) in [6.45, 7) is 4.24. The molecule has 0 saturated carbocycles. The quantitative estimate of drug-likeness (QED) is 0.882. The summed E-state index contributed by atoms with van der Waals surface area (Å²) in [4.78, 5) is 8.63. The van der Waals surface area contributed by atoms with Crippen molar-refractivity contribution < 1.29 is 0 Å². The fourth-order valence-corrected chi connectivity index (χ4v) is 2.26. The summed E-state index contributed by atoms with van der Waals surface area (Å²) in [5.41, 5.74) is 4.01. The summed E-state index contributed by atoms with van der Waals surface area (Å²) < 4.78 is 0. The molecule has 3 nitrogen and oxygen atoms in total. The third-order valence-electron chi connectivity index (χ3n) is 2.53. The molecular formula is C12H15N3S. The summed E-state index contributed by atoms with van der Waals surface area (Å²) in [5.74, 6) is 0. The molecule has 4 heteroatoms. The number of nitrogens with one attached hydrogen (secondary N) is 1. The number of thiazole rings is 1. The molecule has 0 spiro atoms. The first-order valence-electron chi connectivity index (χ1n) is 5.32. The van der Waals surface area contributed by atoms with Gasteiger partial charge in [-0.25, -0.2) is 4.98 Å². The predicted molar refractivity (Wildman–Crippen MR) is 66.3 cm³/mol. The van der Waals surface area contributed by atoms with Crippen LogP contribution in [0.3, 0.4) is 0 Å². The third-order valence-corrected chi connectivity index (χ3v) is 3.13. The lowest BCUT2D eigenvalue weighted by Gasteiger charge is -2.18. The fraction of sp³-hybridized carbons (Fsp3) is 0.333. The SMILES string of the molecule is CC(NC(C)c1cscn1)c1ccccn1. The summed E-state index contributed by atoms with van der Waals surface area (Å²) in [6.07, 6.45) is 1.82. The highest BCUT2D eigenvalue weighted by atomic mass is 32.1. The van der Waals surface area contributed by atoms with Crippen LogP contribution < -0.4 is 5.32 Å². The minimum Gasteiger partial charge on any atom is -0.301 e. The van der Waals surface area contributed by atoms with Gasteiger partial charge in [-0.3, -0.25) is 4.98 Å². The molecule has 0 amide bonds. The van der Waals surface area contributed by atoms with Gasteiger partial charge in [-0.15, -0.1) is 11.3 Å². The first kappa shape index (κ1) is 11.2. The van der Waals surface area contributed by atoms with E-state index >= 15 is 0 Å². The maximum Gasteiger partial charge on any atom is 0.0795 e. The van der Waals surface area contributed by atoms with Gasteiger partial charge in [0.15, 0.2) is 0 Å². The van der Waals surface area contributed by atoms with E-state index in [0.717, 1.165) is 11.4 Å². The van der Waals surface area contributed by atoms with Crippen LogP contribution in [0, 0.1) is 0 Å². The van der Waals surface area contributed by atoms with Crippen molar-refractivity contribution in [3.05, 3.63) is 46.7 Å². The van der Waals surface area contributed by atoms with Gasteiger partial charge in [0.25, 0.3) is 0 Å². The number of hydrogen-bond donors (Lipinski definition) is 1. The molecule has 0 bridgehead atoms. The summed E-state index contributed by atoms with van der Waals surface area (Å²) >= 11 is 1.62. The van der Waals surface area contributed by atoms with Crippen molar-refractivity contribution in [1.82, 2.24) is 15.3 Å². The molecule has 0 saturated heterocycles. The molecule has 0 aliphatic rings. The van der Waals surface area contributed by atoms with Gasteiger partial charge in [0, 0.05) is 23.7 Å². The summed E-state index contributed by atoms with van der Waals surface area (Å²) in [6, 6.07) is 6.46. The molecule has 0 radical (unpaired) electrons. The highest BCUT2D eigenvalue weighted by Crippen LogP contribution is 2.17. The Morgan fingerprint density at radius 1 is 1.12 bits per heavy atom. The zero-order valence-corrected chi connectivity index (χ0v) is 10.2. The van der Waals surface area contributed by atoms with Crippen LogP contribution in [0.5, 0.6) is 0 Å². The smallest absolute Gasteiger partial charge is 0.0795 e. The molecule has 0 aliphatic carbocycles. The van der Waals surface area contributed by atoms with E-state index in [4.69, 9.17) is 0 Å². The second kappa shape index (κ2) is 5.18.